The molecular formula is C10H17NO. The maximum atomic E-state index is 8.98. The van der Waals surface area contributed by atoms with Gasteiger partial charge in [-0.2, -0.15) is 5.26 Å². The molecule has 0 aromatic rings. The van der Waals surface area contributed by atoms with Gasteiger partial charge in [0.15, 0.2) is 5.60 Å². The molecule has 0 saturated heterocycles. The first-order chi connectivity index (χ1) is 5.83. The topological polar surface area (TPSA) is 33.0 Å². The minimum Gasteiger partial charge on any atom is -0.363 e. The summed E-state index contributed by atoms with van der Waals surface area (Å²) in [6.45, 7) is 0. The summed E-state index contributed by atoms with van der Waals surface area (Å²) in [4.78, 5) is 0. The molecule has 0 N–H and O–H groups in total. The highest BCUT2D eigenvalue weighted by Gasteiger charge is 2.29. The normalized spacial score (nSPS) is 23.7. The predicted molar refractivity (Wildman–Crippen MR) is 47.7 cm³/mol. The van der Waals surface area contributed by atoms with E-state index in [1.165, 1.54) is 19.3 Å². The van der Waals surface area contributed by atoms with Crippen LogP contribution in [0.25, 0.3) is 0 Å². The maximum absolute atomic E-state index is 8.98. The van der Waals surface area contributed by atoms with Crippen LogP contribution in [-0.2, 0) is 4.74 Å². The molecule has 68 valence electrons. The lowest BCUT2D eigenvalue weighted by Crippen LogP contribution is -2.30. The first-order valence-corrected chi connectivity index (χ1v) is 4.79. The van der Waals surface area contributed by atoms with Crippen molar-refractivity contribution in [2.75, 3.05) is 7.11 Å². The maximum Gasteiger partial charge on any atom is 0.153 e. The highest BCUT2D eigenvalue weighted by Crippen LogP contribution is 2.28. The van der Waals surface area contributed by atoms with Crippen LogP contribution in [0, 0.1) is 11.3 Å². The average Bonchev–Trinajstić information content (AvgIpc) is 2.06. The molecule has 12 heavy (non-hydrogen) atoms. The molecule has 0 amide bonds. The number of hydrogen-bond acceptors (Lipinski definition) is 2. The minimum atomic E-state index is -0.458. The molecule has 2 nitrogen and oxygen atoms in total. The second kappa shape index (κ2) is 4.47. The zero-order valence-corrected chi connectivity index (χ0v) is 7.81. The molecule has 2 heteroatoms. The molecule has 1 aliphatic rings. The molecule has 0 bridgehead atoms. The average molecular weight is 167 g/mol. The first kappa shape index (κ1) is 9.54. The van der Waals surface area contributed by atoms with Gasteiger partial charge in [0.1, 0.15) is 0 Å². The molecule has 1 fully saturated rings. The summed E-state index contributed by atoms with van der Waals surface area (Å²) in [5.74, 6) is 0. The lowest BCUT2D eigenvalue weighted by molar-refractivity contribution is 0.0172. The van der Waals surface area contributed by atoms with Crippen LogP contribution in [0.2, 0.25) is 0 Å². The molecule has 0 aromatic carbocycles. The summed E-state index contributed by atoms with van der Waals surface area (Å²) in [6.07, 6.45) is 7.95. The van der Waals surface area contributed by atoms with Crippen molar-refractivity contribution in [1.82, 2.24) is 0 Å². The SMILES string of the molecule is COC1(C#N)CCCCCCC1. The van der Waals surface area contributed by atoms with E-state index in [-0.39, 0.29) is 0 Å². The molecule has 0 aromatic heterocycles. The Labute approximate surface area is 74.5 Å². The van der Waals surface area contributed by atoms with E-state index in [4.69, 9.17) is 10.00 Å². The third-order valence-electron chi connectivity index (χ3n) is 2.76. The van der Waals surface area contributed by atoms with Crippen LogP contribution in [0.1, 0.15) is 44.9 Å². The van der Waals surface area contributed by atoms with Crippen LogP contribution in [-0.4, -0.2) is 12.7 Å². The second-order valence-corrected chi connectivity index (χ2v) is 3.58. The summed E-state index contributed by atoms with van der Waals surface area (Å²) in [7, 11) is 1.66. The third kappa shape index (κ3) is 2.22. The lowest BCUT2D eigenvalue weighted by atomic mass is 9.88. The fourth-order valence-electron chi connectivity index (χ4n) is 1.84. The molecule has 0 radical (unpaired) electrons. The molecule has 1 rings (SSSR count). The Balaban J connectivity index is 2.53. The van der Waals surface area contributed by atoms with Gasteiger partial charge in [0.05, 0.1) is 6.07 Å². The summed E-state index contributed by atoms with van der Waals surface area (Å²) in [6, 6.07) is 2.31. The Kier molecular flexibility index (Phi) is 3.55. The Morgan fingerprint density at radius 3 is 2.00 bits per heavy atom. The minimum absolute atomic E-state index is 0.458. The monoisotopic (exact) mass is 167 g/mol. The second-order valence-electron chi connectivity index (χ2n) is 3.58. The van der Waals surface area contributed by atoms with Gasteiger partial charge in [0.2, 0.25) is 0 Å². The molecular weight excluding hydrogens is 150 g/mol. The molecule has 1 saturated carbocycles. The highest BCUT2D eigenvalue weighted by atomic mass is 16.5. The van der Waals surface area contributed by atoms with Gasteiger partial charge in [-0.3, -0.25) is 0 Å². The quantitative estimate of drug-likeness (QED) is 0.601. The number of nitriles is 1. The van der Waals surface area contributed by atoms with E-state index in [2.05, 4.69) is 6.07 Å². The van der Waals surface area contributed by atoms with Crippen molar-refractivity contribution in [3.8, 4) is 6.07 Å². The number of hydrogen-bond donors (Lipinski definition) is 0. The van der Waals surface area contributed by atoms with Gasteiger partial charge in [0, 0.05) is 7.11 Å². The van der Waals surface area contributed by atoms with Gasteiger partial charge in [-0.25, -0.2) is 0 Å². The summed E-state index contributed by atoms with van der Waals surface area (Å²) >= 11 is 0. The molecule has 0 heterocycles. The van der Waals surface area contributed by atoms with Crippen LogP contribution >= 0.6 is 0 Å². The van der Waals surface area contributed by atoms with Crippen molar-refractivity contribution in [3.05, 3.63) is 0 Å². The Morgan fingerprint density at radius 1 is 1.08 bits per heavy atom. The molecule has 1 aliphatic carbocycles. The Hall–Kier alpha value is -0.550. The van der Waals surface area contributed by atoms with Crippen molar-refractivity contribution in [3.63, 3.8) is 0 Å². The number of ether oxygens (including phenoxy) is 1. The molecule has 0 aliphatic heterocycles. The largest absolute Gasteiger partial charge is 0.363 e. The zero-order valence-electron chi connectivity index (χ0n) is 7.81. The van der Waals surface area contributed by atoms with Crippen LogP contribution in [0.5, 0.6) is 0 Å². The molecule has 0 spiro atoms. The van der Waals surface area contributed by atoms with Crippen LogP contribution in [0.3, 0.4) is 0 Å². The standard InChI is InChI=1S/C10H17NO/c1-12-10(9-11)7-5-3-2-4-6-8-10/h2-8H2,1H3. The van der Waals surface area contributed by atoms with Gasteiger partial charge < -0.3 is 4.74 Å². The van der Waals surface area contributed by atoms with Gasteiger partial charge in [0.25, 0.3) is 0 Å². The summed E-state index contributed by atoms with van der Waals surface area (Å²) in [5, 5.41) is 8.98. The summed E-state index contributed by atoms with van der Waals surface area (Å²) < 4.78 is 5.30. The van der Waals surface area contributed by atoms with Gasteiger partial charge in [-0.1, -0.05) is 19.3 Å². The predicted octanol–water partition coefficient (Wildman–Crippen LogP) is 2.64. The Bertz CT molecular complexity index is 163. The van der Waals surface area contributed by atoms with Crippen LogP contribution in [0.15, 0.2) is 0 Å². The fourth-order valence-corrected chi connectivity index (χ4v) is 1.84. The highest BCUT2D eigenvalue weighted by molar-refractivity contribution is 5.01. The van der Waals surface area contributed by atoms with E-state index >= 15 is 0 Å². The van der Waals surface area contributed by atoms with Crippen molar-refractivity contribution in [2.24, 2.45) is 0 Å². The van der Waals surface area contributed by atoms with Crippen molar-refractivity contribution >= 4 is 0 Å². The Morgan fingerprint density at radius 2 is 1.58 bits per heavy atom. The van der Waals surface area contributed by atoms with Gasteiger partial charge in [-0.15, -0.1) is 0 Å². The van der Waals surface area contributed by atoms with Crippen molar-refractivity contribution in [2.45, 2.75) is 50.5 Å². The number of rotatable bonds is 1. The fraction of sp³-hybridized carbons (Fsp3) is 0.900. The van der Waals surface area contributed by atoms with Gasteiger partial charge in [-0.05, 0) is 25.7 Å². The molecule has 0 atom stereocenters. The van der Waals surface area contributed by atoms with E-state index < -0.39 is 5.60 Å². The third-order valence-corrected chi connectivity index (χ3v) is 2.76. The smallest absolute Gasteiger partial charge is 0.153 e. The van der Waals surface area contributed by atoms with E-state index in [9.17, 15) is 0 Å². The summed E-state index contributed by atoms with van der Waals surface area (Å²) in [5.41, 5.74) is -0.458. The lowest BCUT2D eigenvalue weighted by Gasteiger charge is -2.26. The first-order valence-electron chi connectivity index (χ1n) is 4.79. The number of methoxy groups -OCH3 is 1. The van der Waals surface area contributed by atoms with Gasteiger partial charge >= 0.3 is 0 Å². The number of nitrogens with zero attached hydrogens (tertiary/aromatic N) is 1. The van der Waals surface area contributed by atoms with E-state index in [0.29, 0.717) is 0 Å². The van der Waals surface area contributed by atoms with Crippen molar-refractivity contribution in [1.29, 1.82) is 5.26 Å². The van der Waals surface area contributed by atoms with E-state index in [0.717, 1.165) is 25.7 Å². The van der Waals surface area contributed by atoms with Crippen molar-refractivity contribution < 1.29 is 4.74 Å². The zero-order chi connectivity index (χ0) is 8.86. The van der Waals surface area contributed by atoms with E-state index in [1.54, 1.807) is 7.11 Å². The molecule has 0 unspecified atom stereocenters. The van der Waals surface area contributed by atoms with Crippen LogP contribution in [0.4, 0.5) is 0 Å². The van der Waals surface area contributed by atoms with Crippen LogP contribution < -0.4 is 0 Å². The van der Waals surface area contributed by atoms with E-state index in [1.807, 2.05) is 0 Å².